The average Bonchev–Trinajstić information content (AvgIpc) is 3.34. The molecule has 0 saturated carbocycles. The first-order valence-electron chi connectivity index (χ1n) is 11.4. The summed E-state index contributed by atoms with van der Waals surface area (Å²) in [5.74, 6) is -1.29. The Labute approximate surface area is 201 Å². The molecule has 2 unspecified atom stereocenters. The van der Waals surface area contributed by atoms with Crippen LogP contribution in [0.5, 0.6) is 0 Å². The number of aliphatic imine (C=N–C) groups is 1. The van der Waals surface area contributed by atoms with Gasteiger partial charge in [0.1, 0.15) is 11.6 Å². The number of guanidine groups is 1. The second kappa shape index (κ2) is 12.0. The molecular weight excluding hydrogens is 454 g/mol. The van der Waals surface area contributed by atoms with Crippen molar-refractivity contribution in [1.29, 1.82) is 0 Å². The molecule has 3 amide bonds. The number of nitrogens with one attached hydrogen (secondary N) is 4. The number of carbonyl (C=O) groups is 3. The Balaban J connectivity index is 1.65. The van der Waals surface area contributed by atoms with Crippen LogP contribution in [0.4, 0.5) is 5.69 Å². The third-order valence-electron chi connectivity index (χ3n) is 5.62. The van der Waals surface area contributed by atoms with Crippen molar-refractivity contribution in [1.82, 2.24) is 16.0 Å². The Kier molecular flexibility index (Phi) is 8.79. The van der Waals surface area contributed by atoms with Crippen LogP contribution in [-0.4, -0.2) is 55.4 Å². The SMILES string of the molecule is Cc1cc(=O)oc2cc(NC(=O)C(CCCN=C(N)N)NC(=O)CNC(=O)C3CCCN3)ccc12. The summed E-state index contributed by atoms with van der Waals surface area (Å²) in [5, 5.41) is 11.8. The van der Waals surface area contributed by atoms with E-state index in [2.05, 4.69) is 26.3 Å². The second-order valence-electron chi connectivity index (χ2n) is 8.38. The predicted octanol–water partition coefficient (Wildman–Crippen LogP) is -0.553. The number of hydrogen-bond acceptors (Lipinski definition) is 7. The molecule has 12 heteroatoms. The van der Waals surface area contributed by atoms with Gasteiger partial charge in [0, 0.05) is 29.8 Å². The molecule has 0 aliphatic carbocycles. The first-order chi connectivity index (χ1) is 16.7. The van der Waals surface area contributed by atoms with Gasteiger partial charge in [-0.05, 0) is 56.8 Å². The van der Waals surface area contributed by atoms with Crippen LogP contribution in [0.1, 0.15) is 31.2 Å². The number of nitrogens with two attached hydrogens (primary N) is 2. The molecule has 1 fully saturated rings. The van der Waals surface area contributed by atoms with Crippen LogP contribution in [-0.2, 0) is 14.4 Å². The highest BCUT2D eigenvalue weighted by molar-refractivity contribution is 5.99. The Hall–Kier alpha value is -3.93. The van der Waals surface area contributed by atoms with Gasteiger partial charge < -0.3 is 37.2 Å². The number of hydrogen-bond donors (Lipinski definition) is 6. The van der Waals surface area contributed by atoms with Gasteiger partial charge in [0.05, 0.1) is 12.6 Å². The molecule has 1 aromatic heterocycles. The third kappa shape index (κ3) is 7.54. The van der Waals surface area contributed by atoms with Crippen LogP contribution in [0.2, 0.25) is 0 Å². The molecule has 188 valence electrons. The largest absolute Gasteiger partial charge is 0.423 e. The van der Waals surface area contributed by atoms with E-state index in [-0.39, 0.29) is 37.4 Å². The van der Waals surface area contributed by atoms with E-state index in [1.54, 1.807) is 25.1 Å². The van der Waals surface area contributed by atoms with Gasteiger partial charge in [0.25, 0.3) is 0 Å². The molecule has 1 aliphatic heterocycles. The molecule has 0 radical (unpaired) electrons. The first-order valence-corrected chi connectivity index (χ1v) is 11.4. The highest BCUT2D eigenvalue weighted by Gasteiger charge is 2.24. The number of anilines is 1. The average molecular weight is 486 g/mol. The van der Waals surface area contributed by atoms with Gasteiger partial charge in [0.2, 0.25) is 17.7 Å². The van der Waals surface area contributed by atoms with Gasteiger partial charge in [0.15, 0.2) is 5.96 Å². The smallest absolute Gasteiger partial charge is 0.336 e. The lowest BCUT2D eigenvalue weighted by molar-refractivity contribution is -0.128. The monoisotopic (exact) mass is 485 g/mol. The van der Waals surface area contributed by atoms with E-state index >= 15 is 0 Å². The Bertz CT molecular complexity index is 1170. The molecule has 12 nitrogen and oxygen atoms in total. The van der Waals surface area contributed by atoms with Gasteiger partial charge in [-0.1, -0.05) is 0 Å². The quantitative estimate of drug-likeness (QED) is 0.112. The lowest BCUT2D eigenvalue weighted by Crippen LogP contribution is -2.49. The summed E-state index contributed by atoms with van der Waals surface area (Å²) in [6, 6.07) is 5.15. The number of carbonyl (C=O) groups excluding carboxylic acids is 3. The Morgan fingerprint density at radius 3 is 2.77 bits per heavy atom. The zero-order chi connectivity index (χ0) is 25.4. The summed E-state index contributed by atoms with van der Waals surface area (Å²) in [5.41, 5.74) is 11.7. The molecule has 3 rings (SSSR count). The minimum absolute atomic E-state index is 0.0637. The van der Waals surface area contributed by atoms with Gasteiger partial charge in [-0.15, -0.1) is 0 Å². The van der Waals surface area contributed by atoms with Crippen LogP contribution in [0.3, 0.4) is 0 Å². The number of nitrogens with zero attached hydrogens (tertiary/aromatic N) is 1. The van der Waals surface area contributed by atoms with Crippen molar-refractivity contribution in [2.24, 2.45) is 16.5 Å². The van der Waals surface area contributed by atoms with Crippen LogP contribution in [0.15, 0.2) is 38.5 Å². The zero-order valence-corrected chi connectivity index (χ0v) is 19.6. The maximum Gasteiger partial charge on any atom is 0.336 e. The fourth-order valence-corrected chi connectivity index (χ4v) is 3.85. The van der Waals surface area contributed by atoms with Gasteiger partial charge in [-0.2, -0.15) is 0 Å². The molecule has 2 atom stereocenters. The van der Waals surface area contributed by atoms with Crippen molar-refractivity contribution in [2.45, 2.75) is 44.7 Å². The van der Waals surface area contributed by atoms with E-state index in [9.17, 15) is 19.2 Å². The standard InChI is InChI=1S/C23H31N7O5/c1-13-10-20(32)35-18-11-14(6-7-15(13)18)29-22(34)17(5-3-9-27-23(24)25)30-19(31)12-28-21(33)16-4-2-8-26-16/h6-7,10-11,16-17,26H,2-5,8-9,12H2,1H3,(H,28,33)(H,29,34)(H,30,31)(H4,24,25,27). The van der Waals surface area contributed by atoms with E-state index in [0.29, 0.717) is 24.1 Å². The number of rotatable bonds is 10. The Morgan fingerprint density at radius 1 is 1.26 bits per heavy atom. The lowest BCUT2D eigenvalue weighted by Gasteiger charge is -2.19. The summed E-state index contributed by atoms with van der Waals surface area (Å²) in [4.78, 5) is 53.2. The van der Waals surface area contributed by atoms with Crippen molar-refractivity contribution in [2.75, 3.05) is 25.0 Å². The van der Waals surface area contributed by atoms with E-state index in [0.717, 1.165) is 23.9 Å². The van der Waals surface area contributed by atoms with E-state index in [4.69, 9.17) is 15.9 Å². The van der Waals surface area contributed by atoms with E-state index in [1.165, 1.54) is 6.07 Å². The van der Waals surface area contributed by atoms with Crippen molar-refractivity contribution in [3.63, 3.8) is 0 Å². The first kappa shape index (κ1) is 25.7. The molecular formula is C23H31N7O5. The van der Waals surface area contributed by atoms with Crippen molar-refractivity contribution in [3.8, 4) is 0 Å². The fraction of sp³-hybridized carbons (Fsp3) is 0.435. The highest BCUT2D eigenvalue weighted by atomic mass is 16.4. The summed E-state index contributed by atoms with van der Waals surface area (Å²) >= 11 is 0. The number of fused-ring (bicyclic) bond motifs is 1. The van der Waals surface area contributed by atoms with Crippen LogP contribution >= 0.6 is 0 Å². The van der Waals surface area contributed by atoms with Crippen LogP contribution in [0.25, 0.3) is 11.0 Å². The number of aryl methyl sites for hydroxylation is 1. The summed E-state index contributed by atoms with van der Waals surface area (Å²) < 4.78 is 5.23. The van der Waals surface area contributed by atoms with Gasteiger partial charge in [-0.25, -0.2) is 4.79 Å². The molecule has 1 aliphatic rings. The molecule has 2 aromatic rings. The van der Waals surface area contributed by atoms with Crippen molar-refractivity contribution in [3.05, 3.63) is 40.2 Å². The van der Waals surface area contributed by atoms with E-state index in [1.807, 2.05) is 0 Å². The van der Waals surface area contributed by atoms with Gasteiger partial charge in [-0.3, -0.25) is 19.4 Å². The lowest BCUT2D eigenvalue weighted by atomic mass is 10.1. The molecule has 1 aromatic carbocycles. The molecule has 35 heavy (non-hydrogen) atoms. The maximum absolute atomic E-state index is 13.0. The number of benzene rings is 1. The molecule has 1 saturated heterocycles. The number of amides is 3. The minimum Gasteiger partial charge on any atom is -0.423 e. The highest BCUT2D eigenvalue weighted by Crippen LogP contribution is 2.21. The molecule has 2 heterocycles. The van der Waals surface area contributed by atoms with Crippen LogP contribution < -0.4 is 38.4 Å². The van der Waals surface area contributed by atoms with Gasteiger partial charge >= 0.3 is 5.63 Å². The predicted molar refractivity (Wildman–Crippen MR) is 132 cm³/mol. The molecule has 0 spiro atoms. The maximum atomic E-state index is 13.0. The third-order valence-corrected chi connectivity index (χ3v) is 5.62. The molecule has 0 bridgehead atoms. The fourth-order valence-electron chi connectivity index (χ4n) is 3.85. The molecule has 8 N–H and O–H groups in total. The topological polar surface area (TPSA) is 194 Å². The normalized spacial score (nSPS) is 15.9. The van der Waals surface area contributed by atoms with Crippen molar-refractivity contribution >= 4 is 40.3 Å². The summed E-state index contributed by atoms with van der Waals surface area (Å²) in [6.45, 7) is 2.59. The second-order valence-corrected chi connectivity index (χ2v) is 8.38. The van der Waals surface area contributed by atoms with Crippen LogP contribution in [0, 0.1) is 6.92 Å². The Morgan fingerprint density at radius 2 is 2.06 bits per heavy atom. The van der Waals surface area contributed by atoms with E-state index < -0.39 is 23.5 Å². The zero-order valence-electron chi connectivity index (χ0n) is 19.6. The summed E-state index contributed by atoms with van der Waals surface area (Å²) in [6.07, 6.45) is 2.31. The minimum atomic E-state index is -0.904. The van der Waals surface area contributed by atoms with Crippen molar-refractivity contribution < 1.29 is 18.8 Å². The summed E-state index contributed by atoms with van der Waals surface area (Å²) in [7, 11) is 0.